The first-order chi connectivity index (χ1) is 9.73. The van der Waals surface area contributed by atoms with Gasteiger partial charge in [-0.25, -0.2) is 8.42 Å². The maximum absolute atomic E-state index is 12.3. The summed E-state index contributed by atoms with van der Waals surface area (Å²) in [6.45, 7) is 3.90. The average Bonchev–Trinajstić information content (AvgIpc) is 2.40. The number of para-hydroxylation sites is 1. The predicted octanol–water partition coefficient (Wildman–Crippen LogP) is 1.66. The first-order valence-corrected chi connectivity index (χ1v) is 8.72. The number of nitrogens with two attached hydrogens (primary N) is 1. The Morgan fingerprint density at radius 1 is 1.32 bits per heavy atom. The second-order valence-corrected chi connectivity index (χ2v) is 8.84. The Kier molecular flexibility index (Phi) is 5.87. The van der Waals surface area contributed by atoms with E-state index in [-0.39, 0.29) is 37.2 Å². The monoisotopic (exact) mass is 346 g/mol. The molecule has 0 aromatic heterocycles. The summed E-state index contributed by atoms with van der Waals surface area (Å²) in [6, 6.07) is 7.48. The number of halogens is 1. The van der Waals surface area contributed by atoms with Crippen molar-refractivity contribution in [3.63, 3.8) is 0 Å². The molecule has 0 unspecified atom stereocenters. The maximum Gasteiger partial charge on any atom is 0.222 e. The van der Waals surface area contributed by atoms with Gasteiger partial charge < -0.3 is 10.6 Å². The molecule has 1 amide bonds. The van der Waals surface area contributed by atoms with Crippen LogP contribution in [0.4, 0.5) is 5.69 Å². The third-order valence-corrected chi connectivity index (χ3v) is 6.59. The fourth-order valence-corrected chi connectivity index (χ4v) is 3.88. The van der Waals surface area contributed by atoms with Gasteiger partial charge in [0.1, 0.15) is 0 Å². The van der Waals surface area contributed by atoms with Crippen molar-refractivity contribution in [3.05, 3.63) is 29.8 Å². The minimum atomic E-state index is -3.12. The number of amides is 1. The largest absolute Gasteiger partial charge is 0.399 e. The van der Waals surface area contributed by atoms with Crippen molar-refractivity contribution in [1.29, 1.82) is 0 Å². The predicted molar refractivity (Wildman–Crippen MR) is 90.9 cm³/mol. The molecule has 22 heavy (non-hydrogen) atoms. The van der Waals surface area contributed by atoms with E-state index in [2.05, 4.69) is 0 Å². The first-order valence-electron chi connectivity index (χ1n) is 7.06. The molecule has 1 saturated heterocycles. The summed E-state index contributed by atoms with van der Waals surface area (Å²) in [7, 11) is -3.12. The van der Waals surface area contributed by atoms with Gasteiger partial charge in [-0.3, -0.25) is 4.79 Å². The van der Waals surface area contributed by atoms with Gasteiger partial charge in [-0.1, -0.05) is 18.2 Å². The molecule has 7 heteroatoms. The topological polar surface area (TPSA) is 80.5 Å². The second-order valence-electron chi connectivity index (χ2n) is 6.09. The molecule has 0 saturated carbocycles. The van der Waals surface area contributed by atoms with Gasteiger partial charge in [-0.15, -0.1) is 12.4 Å². The fourth-order valence-electron chi connectivity index (χ4n) is 2.52. The normalized spacial score (nSPS) is 19.3. The number of rotatable bonds is 3. The number of carbonyl (C=O) groups excluding carboxylic acids is 1. The Labute approximate surface area is 138 Å². The minimum Gasteiger partial charge on any atom is -0.399 e. The van der Waals surface area contributed by atoms with Crippen molar-refractivity contribution >= 4 is 33.8 Å². The number of benzene rings is 1. The highest BCUT2D eigenvalue weighted by atomic mass is 35.5. The Morgan fingerprint density at radius 2 is 1.95 bits per heavy atom. The van der Waals surface area contributed by atoms with Crippen LogP contribution in [0.3, 0.4) is 0 Å². The highest BCUT2D eigenvalue weighted by Crippen LogP contribution is 2.24. The summed E-state index contributed by atoms with van der Waals surface area (Å²) in [5.74, 6) is 0.0281. The second kappa shape index (κ2) is 6.87. The molecule has 0 radical (unpaired) electrons. The molecule has 1 heterocycles. The summed E-state index contributed by atoms with van der Waals surface area (Å²) in [6.07, 6.45) is 0.930. The van der Waals surface area contributed by atoms with Crippen molar-refractivity contribution < 1.29 is 13.2 Å². The SMILES string of the molecule is CC1(C)CN(C(=O)CCc2ccccc2N)CCS1(=O)=O.Cl. The van der Waals surface area contributed by atoms with Crippen LogP contribution >= 0.6 is 12.4 Å². The molecule has 0 atom stereocenters. The molecule has 2 N–H and O–H groups in total. The number of aryl methyl sites for hydroxylation is 1. The molecular formula is C15H23ClN2O3S. The highest BCUT2D eigenvalue weighted by molar-refractivity contribution is 7.92. The van der Waals surface area contributed by atoms with E-state index >= 15 is 0 Å². The fraction of sp³-hybridized carbons (Fsp3) is 0.533. The van der Waals surface area contributed by atoms with Gasteiger partial charge in [0.2, 0.25) is 5.91 Å². The Hall–Kier alpha value is -1.27. The molecule has 1 aliphatic rings. The average molecular weight is 347 g/mol. The zero-order chi connectivity index (χ0) is 15.7. The van der Waals surface area contributed by atoms with Crippen molar-refractivity contribution in [2.75, 3.05) is 24.6 Å². The smallest absolute Gasteiger partial charge is 0.222 e. The third kappa shape index (κ3) is 3.93. The lowest BCUT2D eigenvalue weighted by Crippen LogP contribution is -2.54. The summed E-state index contributed by atoms with van der Waals surface area (Å²) in [5, 5.41) is 0. The summed E-state index contributed by atoms with van der Waals surface area (Å²) < 4.78 is 23.0. The Morgan fingerprint density at radius 3 is 2.55 bits per heavy atom. The van der Waals surface area contributed by atoms with E-state index in [4.69, 9.17) is 5.73 Å². The summed E-state index contributed by atoms with van der Waals surface area (Å²) >= 11 is 0. The molecule has 1 aromatic carbocycles. The molecule has 0 bridgehead atoms. The maximum atomic E-state index is 12.3. The van der Waals surface area contributed by atoms with E-state index in [1.165, 1.54) is 0 Å². The summed E-state index contributed by atoms with van der Waals surface area (Å²) in [5.41, 5.74) is 7.50. The number of nitrogen functional groups attached to an aromatic ring is 1. The van der Waals surface area contributed by atoms with Crippen LogP contribution in [0, 0.1) is 0 Å². The van der Waals surface area contributed by atoms with Crippen LogP contribution in [0.15, 0.2) is 24.3 Å². The highest BCUT2D eigenvalue weighted by Gasteiger charge is 2.41. The van der Waals surface area contributed by atoms with Crippen LogP contribution in [-0.4, -0.2) is 42.8 Å². The van der Waals surface area contributed by atoms with Crippen LogP contribution in [0.2, 0.25) is 0 Å². The molecule has 2 rings (SSSR count). The lowest BCUT2D eigenvalue weighted by Gasteiger charge is -2.37. The van der Waals surface area contributed by atoms with Crippen LogP contribution in [0.5, 0.6) is 0 Å². The number of carbonyl (C=O) groups is 1. The van der Waals surface area contributed by atoms with E-state index in [1.807, 2.05) is 24.3 Å². The molecule has 124 valence electrons. The van der Waals surface area contributed by atoms with Gasteiger partial charge in [0.15, 0.2) is 9.84 Å². The van der Waals surface area contributed by atoms with E-state index in [1.54, 1.807) is 18.7 Å². The molecular weight excluding hydrogens is 324 g/mol. The Balaban J connectivity index is 0.00000242. The molecule has 5 nitrogen and oxygen atoms in total. The van der Waals surface area contributed by atoms with E-state index in [0.717, 1.165) is 5.56 Å². The number of hydrogen-bond acceptors (Lipinski definition) is 4. The van der Waals surface area contributed by atoms with Gasteiger partial charge in [0.25, 0.3) is 0 Å². The van der Waals surface area contributed by atoms with Gasteiger partial charge in [0.05, 0.1) is 10.5 Å². The van der Waals surface area contributed by atoms with Crippen LogP contribution in [0.1, 0.15) is 25.8 Å². The molecule has 0 aliphatic carbocycles. The van der Waals surface area contributed by atoms with Gasteiger partial charge >= 0.3 is 0 Å². The van der Waals surface area contributed by atoms with Crippen LogP contribution in [-0.2, 0) is 21.1 Å². The number of anilines is 1. The Bertz CT molecular complexity index is 644. The standard InChI is InChI=1S/C15H22N2O3S.ClH/c1-15(2)11-17(9-10-21(15,19)20)14(18)8-7-12-5-3-4-6-13(12)16;/h3-6H,7-11,16H2,1-2H3;1H. The number of sulfone groups is 1. The van der Waals surface area contributed by atoms with Gasteiger partial charge in [0, 0.05) is 25.2 Å². The molecule has 1 aromatic rings. The van der Waals surface area contributed by atoms with E-state index < -0.39 is 14.6 Å². The molecule has 0 spiro atoms. The number of hydrogen-bond donors (Lipinski definition) is 1. The third-order valence-electron chi connectivity index (χ3n) is 4.06. The lowest BCUT2D eigenvalue weighted by atomic mass is 10.1. The zero-order valence-corrected chi connectivity index (χ0v) is 14.5. The number of nitrogens with zero attached hydrogens (tertiary/aromatic N) is 1. The van der Waals surface area contributed by atoms with Crippen molar-refractivity contribution in [2.24, 2.45) is 0 Å². The van der Waals surface area contributed by atoms with Crippen LogP contribution < -0.4 is 5.73 Å². The van der Waals surface area contributed by atoms with Gasteiger partial charge in [-0.05, 0) is 31.9 Å². The van der Waals surface area contributed by atoms with Gasteiger partial charge in [-0.2, -0.15) is 0 Å². The summed E-state index contributed by atoms with van der Waals surface area (Å²) in [4.78, 5) is 13.9. The quantitative estimate of drug-likeness (QED) is 0.844. The minimum absolute atomic E-state index is 0. The van der Waals surface area contributed by atoms with Crippen LogP contribution in [0.25, 0.3) is 0 Å². The van der Waals surface area contributed by atoms with E-state index in [9.17, 15) is 13.2 Å². The lowest BCUT2D eigenvalue weighted by molar-refractivity contribution is -0.131. The van der Waals surface area contributed by atoms with Crippen molar-refractivity contribution in [2.45, 2.75) is 31.4 Å². The first kappa shape index (κ1) is 18.8. The van der Waals surface area contributed by atoms with Crippen molar-refractivity contribution in [1.82, 2.24) is 4.90 Å². The van der Waals surface area contributed by atoms with E-state index in [0.29, 0.717) is 18.5 Å². The molecule has 1 fully saturated rings. The molecule has 1 aliphatic heterocycles. The van der Waals surface area contributed by atoms with Crippen molar-refractivity contribution in [3.8, 4) is 0 Å². The zero-order valence-electron chi connectivity index (χ0n) is 12.9.